The van der Waals surface area contributed by atoms with Crippen LogP contribution in [0.25, 0.3) is 0 Å². The molecule has 1 saturated carbocycles. The maximum Gasteiger partial charge on any atom is 0.344 e. The standard InChI is InChI=1S/C17H24N4O4/c1-11-5-7-17(8-6-11)15(23)21(16(24)19-17)20-14(22)10-18-12(2)13-4-3-9-25-13/h3-4,9,11-12,18H,5-8,10H2,1-2H3,(H,19,24)(H,20,22)/p+1/t11?,12-,17?/m1/s1. The summed E-state index contributed by atoms with van der Waals surface area (Å²) in [6.45, 7) is 4.14. The number of carbonyl (C=O) groups is 3. The van der Waals surface area contributed by atoms with Crippen molar-refractivity contribution in [2.45, 2.75) is 51.1 Å². The van der Waals surface area contributed by atoms with E-state index in [0.717, 1.165) is 23.6 Å². The van der Waals surface area contributed by atoms with Crippen LogP contribution in [-0.2, 0) is 9.59 Å². The number of carbonyl (C=O) groups excluding carboxylic acids is 3. The molecule has 2 aliphatic rings. The molecule has 1 spiro atoms. The highest BCUT2D eigenvalue weighted by Gasteiger charge is 2.52. The molecule has 0 bridgehead atoms. The Labute approximate surface area is 146 Å². The van der Waals surface area contributed by atoms with Crippen LogP contribution in [0.5, 0.6) is 0 Å². The molecule has 1 aliphatic heterocycles. The first-order valence-corrected chi connectivity index (χ1v) is 8.74. The molecule has 1 saturated heterocycles. The monoisotopic (exact) mass is 349 g/mol. The first-order valence-electron chi connectivity index (χ1n) is 8.74. The quantitative estimate of drug-likeness (QED) is 0.670. The maximum atomic E-state index is 12.7. The van der Waals surface area contributed by atoms with E-state index in [-0.39, 0.29) is 18.5 Å². The summed E-state index contributed by atoms with van der Waals surface area (Å²) in [6, 6.07) is 3.05. The van der Waals surface area contributed by atoms with Crippen molar-refractivity contribution < 1.29 is 24.1 Å². The van der Waals surface area contributed by atoms with E-state index in [1.54, 1.807) is 17.6 Å². The summed E-state index contributed by atoms with van der Waals surface area (Å²) in [5, 5.41) is 5.40. The molecular formula is C17H25N4O4+. The summed E-state index contributed by atoms with van der Waals surface area (Å²) >= 11 is 0. The van der Waals surface area contributed by atoms with Gasteiger partial charge < -0.3 is 15.1 Å². The molecule has 8 nitrogen and oxygen atoms in total. The number of amides is 4. The SMILES string of the molecule is CC1CCC2(CC1)NC(=O)N(NC(=O)C[NH2+][C@H](C)c1ccco1)C2=O. The zero-order valence-corrected chi connectivity index (χ0v) is 14.6. The number of nitrogens with two attached hydrogens (primary N) is 1. The van der Waals surface area contributed by atoms with Crippen LogP contribution in [0, 0.1) is 5.92 Å². The van der Waals surface area contributed by atoms with Crippen LogP contribution in [-0.4, -0.2) is 34.9 Å². The first kappa shape index (κ1) is 17.5. The van der Waals surface area contributed by atoms with E-state index in [9.17, 15) is 14.4 Å². The van der Waals surface area contributed by atoms with Crippen molar-refractivity contribution in [3.05, 3.63) is 24.2 Å². The summed E-state index contributed by atoms with van der Waals surface area (Å²) in [7, 11) is 0. The zero-order valence-electron chi connectivity index (χ0n) is 14.6. The fourth-order valence-electron chi connectivity index (χ4n) is 3.44. The summed E-state index contributed by atoms with van der Waals surface area (Å²) in [6.07, 6.45) is 4.60. The van der Waals surface area contributed by atoms with Gasteiger partial charge in [-0.15, -0.1) is 0 Å². The lowest BCUT2D eigenvalue weighted by molar-refractivity contribution is -0.684. The fraction of sp³-hybridized carbons (Fsp3) is 0.588. The molecule has 0 unspecified atom stereocenters. The van der Waals surface area contributed by atoms with Crippen molar-refractivity contribution in [2.24, 2.45) is 5.92 Å². The zero-order chi connectivity index (χ0) is 18.0. The van der Waals surface area contributed by atoms with Gasteiger partial charge in [-0.2, -0.15) is 5.01 Å². The number of quaternary nitrogens is 1. The number of furan rings is 1. The van der Waals surface area contributed by atoms with E-state index in [4.69, 9.17) is 4.42 Å². The predicted octanol–water partition coefficient (Wildman–Crippen LogP) is 0.436. The van der Waals surface area contributed by atoms with E-state index in [2.05, 4.69) is 17.7 Å². The van der Waals surface area contributed by atoms with Gasteiger partial charge in [0.05, 0.1) is 6.26 Å². The molecule has 136 valence electrons. The molecule has 2 heterocycles. The van der Waals surface area contributed by atoms with Gasteiger partial charge in [0.25, 0.3) is 11.8 Å². The molecule has 2 fully saturated rings. The molecule has 25 heavy (non-hydrogen) atoms. The van der Waals surface area contributed by atoms with Crippen molar-refractivity contribution in [1.82, 2.24) is 15.8 Å². The number of hydrogen-bond acceptors (Lipinski definition) is 4. The number of nitrogens with one attached hydrogen (secondary N) is 2. The Morgan fingerprint density at radius 1 is 1.48 bits per heavy atom. The van der Waals surface area contributed by atoms with Crippen LogP contribution in [0.4, 0.5) is 4.79 Å². The lowest BCUT2D eigenvalue weighted by Gasteiger charge is -2.33. The van der Waals surface area contributed by atoms with Crippen molar-refractivity contribution in [2.75, 3.05) is 6.54 Å². The number of imide groups is 1. The van der Waals surface area contributed by atoms with E-state index in [1.165, 1.54) is 0 Å². The smallest absolute Gasteiger partial charge is 0.344 e. The highest BCUT2D eigenvalue weighted by Crippen LogP contribution is 2.35. The Morgan fingerprint density at radius 2 is 2.20 bits per heavy atom. The van der Waals surface area contributed by atoms with Crippen LogP contribution < -0.4 is 16.1 Å². The molecule has 3 rings (SSSR count). The van der Waals surface area contributed by atoms with Gasteiger partial charge in [0.2, 0.25) is 0 Å². The molecular weight excluding hydrogens is 324 g/mol. The Balaban J connectivity index is 1.54. The van der Waals surface area contributed by atoms with Crippen LogP contribution >= 0.6 is 0 Å². The van der Waals surface area contributed by atoms with E-state index < -0.39 is 17.5 Å². The van der Waals surface area contributed by atoms with Crippen molar-refractivity contribution in [3.63, 3.8) is 0 Å². The minimum absolute atomic E-state index is 0.0324. The van der Waals surface area contributed by atoms with Gasteiger partial charge in [0, 0.05) is 0 Å². The van der Waals surface area contributed by atoms with E-state index in [0.29, 0.717) is 18.8 Å². The number of urea groups is 1. The van der Waals surface area contributed by atoms with E-state index in [1.807, 2.05) is 13.0 Å². The van der Waals surface area contributed by atoms with Crippen molar-refractivity contribution in [1.29, 1.82) is 0 Å². The van der Waals surface area contributed by atoms with Gasteiger partial charge in [-0.1, -0.05) is 6.92 Å². The number of hydrogen-bond donors (Lipinski definition) is 3. The number of rotatable bonds is 5. The van der Waals surface area contributed by atoms with Gasteiger partial charge in [-0.25, -0.2) is 4.79 Å². The summed E-state index contributed by atoms with van der Waals surface area (Å²) in [5.74, 6) is 0.565. The molecule has 1 aliphatic carbocycles. The maximum absolute atomic E-state index is 12.7. The fourth-order valence-corrected chi connectivity index (χ4v) is 3.44. The first-order chi connectivity index (χ1) is 11.9. The van der Waals surface area contributed by atoms with Crippen molar-refractivity contribution >= 4 is 17.8 Å². The molecule has 0 aromatic carbocycles. The molecule has 4 amide bonds. The minimum atomic E-state index is -0.845. The summed E-state index contributed by atoms with van der Waals surface area (Å²) in [4.78, 5) is 37.0. The van der Waals surface area contributed by atoms with E-state index >= 15 is 0 Å². The van der Waals surface area contributed by atoms with Crippen molar-refractivity contribution in [3.8, 4) is 0 Å². The highest BCUT2D eigenvalue weighted by atomic mass is 16.3. The van der Waals surface area contributed by atoms with Crippen LogP contribution in [0.2, 0.25) is 0 Å². The lowest BCUT2D eigenvalue weighted by atomic mass is 9.77. The minimum Gasteiger partial charge on any atom is -0.463 e. The average Bonchev–Trinajstić information content (AvgIpc) is 3.20. The molecule has 0 radical (unpaired) electrons. The van der Waals surface area contributed by atoms with Crippen LogP contribution in [0.15, 0.2) is 22.8 Å². The topological polar surface area (TPSA) is 108 Å². The van der Waals surface area contributed by atoms with Gasteiger partial charge >= 0.3 is 6.03 Å². The molecule has 1 aromatic rings. The molecule has 1 atom stereocenters. The second-order valence-electron chi connectivity index (χ2n) is 7.11. The summed E-state index contributed by atoms with van der Waals surface area (Å²) < 4.78 is 5.29. The summed E-state index contributed by atoms with van der Waals surface area (Å²) in [5.41, 5.74) is 1.59. The lowest BCUT2D eigenvalue weighted by Crippen LogP contribution is -2.87. The normalized spacial score (nSPS) is 27.4. The van der Waals surface area contributed by atoms with Gasteiger partial charge in [-0.3, -0.25) is 15.0 Å². The molecule has 8 heteroatoms. The van der Waals surface area contributed by atoms with Gasteiger partial charge in [0.1, 0.15) is 11.6 Å². The Bertz CT molecular complexity index is 650. The van der Waals surface area contributed by atoms with Gasteiger partial charge in [-0.05, 0) is 50.7 Å². The number of hydrazine groups is 1. The third-order valence-electron chi connectivity index (χ3n) is 5.17. The van der Waals surface area contributed by atoms with Crippen LogP contribution in [0.1, 0.15) is 51.3 Å². The second kappa shape index (κ2) is 6.87. The number of nitrogens with zero attached hydrogens (tertiary/aromatic N) is 1. The molecule has 4 N–H and O–H groups in total. The van der Waals surface area contributed by atoms with Gasteiger partial charge in [0.15, 0.2) is 12.3 Å². The largest absolute Gasteiger partial charge is 0.463 e. The highest BCUT2D eigenvalue weighted by molar-refractivity contribution is 6.08. The third kappa shape index (κ3) is 3.53. The Kier molecular flexibility index (Phi) is 4.80. The predicted molar refractivity (Wildman–Crippen MR) is 87.8 cm³/mol. The molecule has 1 aromatic heterocycles. The average molecular weight is 349 g/mol. The van der Waals surface area contributed by atoms with Crippen LogP contribution in [0.3, 0.4) is 0 Å². The Hall–Kier alpha value is -2.35. The second-order valence-corrected chi connectivity index (χ2v) is 7.11. The third-order valence-corrected chi connectivity index (χ3v) is 5.17. The Morgan fingerprint density at radius 3 is 2.84 bits per heavy atom.